The molecule has 8 aromatic rings. The zero-order chi connectivity index (χ0) is 36.2. The SMILES string of the molecule is Cc1ccc(-c2ccccc2)cc1-[n+]1[c-]n(-c2[c-]c(Oc3[c-]c4c(cc3)c3ccccc3n4-c3cc(C(C)(C)C)ccn3)cc(C(C)(C)C)c2)cc1.[Pt]. The zero-order valence-corrected chi connectivity index (χ0v) is 33.4. The number of imidazole rings is 1. The molecule has 0 saturated heterocycles. The molecular weight excluding hydrogens is 832 g/mol. The number of pyridine rings is 1. The third-order valence-corrected chi connectivity index (χ3v) is 9.73. The summed E-state index contributed by atoms with van der Waals surface area (Å²) in [4.78, 5) is 4.83. The summed E-state index contributed by atoms with van der Waals surface area (Å²) in [6, 6.07) is 45.3. The summed E-state index contributed by atoms with van der Waals surface area (Å²) >= 11 is 0. The van der Waals surface area contributed by atoms with Crippen molar-refractivity contribution >= 4 is 21.8 Å². The van der Waals surface area contributed by atoms with Crippen LogP contribution in [0.4, 0.5) is 0 Å². The minimum Gasteiger partial charge on any atom is -0.510 e. The predicted molar refractivity (Wildman–Crippen MR) is 210 cm³/mol. The Labute approximate surface area is 326 Å². The number of para-hydroxylation sites is 1. The number of aromatic nitrogens is 4. The maximum absolute atomic E-state index is 6.65. The van der Waals surface area contributed by atoms with E-state index in [-0.39, 0.29) is 31.9 Å². The number of aryl methyl sites for hydroxylation is 1. The van der Waals surface area contributed by atoms with Crippen molar-refractivity contribution in [3.8, 4) is 39.8 Å². The fourth-order valence-corrected chi connectivity index (χ4v) is 6.71. The van der Waals surface area contributed by atoms with Gasteiger partial charge in [0, 0.05) is 56.7 Å². The third-order valence-electron chi connectivity index (χ3n) is 9.73. The average molecular weight is 874 g/mol. The molecule has 5 nitrogen and oxygen atoms in total. The van der Waals surface area contributed by atoms with E-state index in [2.05, 4.69) is 169 Å². The normalized spacial score (nSPS) is 11.9. The van der Waals surface area contributed by atoms with E-state index < -0.39 is 0 Å². The van der Waals surface area contributed by atoms with Crippen LogP contribution < -0.4 is 9.30 Å². The summed E-state index contributed by atoms with van der Waals surface area (Å²) in [5.41, 5.74) is 9.63. The first-order valence-corrected chi connectivity index (χ1v) is 17.8. The van der Waals surface area contributed by atoms with Crippen LogP contribution in [0.15, 0.2) is 128 Å². The van der Waals surface area contributed by atoms with E-state index >= 15 is 0 Å². The van der Waals surface area contributed by atoms with Gasteiger partial charge in [-0.15, -0.1) is 29.7 Å². The van der Waals surface area contributed by atoms with E-state index in [1.165, 1.54) is 16.7 Å². The molecule has 6 heteroatoms. The molecule has 3 heterocycles. The molecule has 0 spiro atoms. The first-order chi connectivity index (χ1) is 24.9. The van der Waals surface area contributed by atoms with Gasteiger partial charge in [-0.1, -0.05) is 108 Å². The maximum atomic E-state index is 6.65. The van der Waals surface area contributed by atoms with Crippen molar-refractivity contribution in [1.29, 1.82) is 0 Å². The fourth-order valence-electron chi connectivity index (χ4n) is 6.71. The number of hydrogen-bond acceptors (Lipinski definition) is 2. The molecule has 8 rings (SSSR count). The van der Waals surface area contributed by atoms with E-state index in [1.54, 1.807) is 0 Å². The van der Waals surface area contributed by atoms with Crippen molar-refractivity contribution in [1.82, 2.24) is 14.1 Å². The number of fused-ring (bicyclic) bond motifs is 3. The van der Waals surface area contributed by atoms with E-state index in [0.717, 1.165) is 50.1 Å². The Kier molecular flexibility index (Phi) is 9.51. The summed E-state index contributed by atoms with van der Waals surface area (Å²) in [6.07, 6.45) is 9.50. The van der Waals surface area contributed by atoms with Crippen LogP contribution in [0.2, 0.25) is 0 Å². The molecule has 268 valence electrons. The Morgan fingerprint density at radius 3 is 2.21 bits per heavy atom. The number of ether oxygens (including phenoxy) is 1. The quantitative estimate of drug-likeness (QED) is 0.123. The van der Waals surface area contributed by atoms with Crippen molar-refractivity contribution in [2.24, 2.45) is 0 Å². The van der Waals surface area contributed by atoms with Gasteiger partial charge in [-0.2, -0.15) is 17.7 Å². The van der Waals surface area contributed by atoms with Crippen LogP contribution in [0.1, 0.15) is 58.2 Å². The van der Waals surface area contributed by atoms with E-state index in [9.17, 15) is 0 Å². The van der Waals surface area contributed by atoms with Gasteiger partial charge < -0.3 is 13.9 Å². The standard InChI is InChI=1S/C47H42N4O.Pt/c1-32-17-18-34(33-13-9-8-10-14-33)25-43(32)50-24-23-49(31-50)37-26-36(47(5,6)7)27-39(29-37)52-38-19-20-41-40-15-11-12-16-42(40)51(44(41)30-38)45-28-35(21-22-48-45)46(2,3)4;/h8-28H,1-7H3;/q-2;. The second-order valence-electron chi connectivity index (χ2n) is 15.6. The Morgan fingerprint density at radius 1 is 0.679 bits per heavy atom. The van der Waals surface area contributed by atoms with E-state index in [1.807, 2.05) is 39.9 Å². The summed E-state index contributed by atoms with van der Waals surface area (Å²) in [6.45, 7) is 15.4. The van der Waals surface area contributed by atoms with Crippen molar-refractivity contribution in [2.45, 2.75) is 59.3 Å². The number of nitrogens with zero attached hydrogens (tertiary/aromatic N) is 4. The van der Waals surface area contributed by atoms with Crippen LogP contribution in [0.5, 0.6) is 11.5 Å². The molecule has 0 fully saturated rings. The molecule has 5 aromatic carbocycles. The van der Waals surface area contributed by atoms with Gasteiger partial charge in [-0.05, 0) is 75.3 Å². The smallest absolute Gasteiger partial charge is 0.267 e. The topological polar surface area (TPSA) is 35.9 Å². The summed E-state index contributed by atoms with van der Waals surface area (Å²) in [5, 5.41) is 2.24. The van der Waals surface area contributed by atoms with Crippen molar-refractivity contribution in [2.75, 3.05) is 0 Å². The fraction of sp³-hybridized carbons (Fsp3) is 0.191. The van der Waals surface area contributed by atoms with Crippen LogP contribution in [0, 0.1) is 25.4 Å². The van der Waals surface area contributed by atoms with Crippen molar-refractivity contribution in [3.05, 3.63) is 163 Å². The molecule has 0 bridgehead atoms. The summed E-state index contributed by atoms with van der Waals surface area (Å²) in [7, 11) is 0. The van der Waals surface area contributed by atoms with Crippen LogP contribution >= 0.6 is 0 Å². The molecule has 0 radical (unpaired) electrons. The number of hydrogen-bond donors (Lipinski definition) is 0. The second-order valence-corrected chi connectivity index (χ2v) is 15.6. The molecule has 3 aromatic heterocycles. The molecule has 0 atom stereocenters. The zero-order valence-electron chi connectivity index (χ0n) is 31.1. The van der Waals surface area contributed by atoms with Crippen LogP contribution in [0.25, 0.3) is 50.1 Å². The molecular formula is C47H42N4OPt-2. The Morgan fingerprint density at radius 2 is 1.43 bits per heavy atom. The molecule has 0 aliphatic carbocycles. The first-order valence-electron chi connectivity index (χ1n) is 17.8. The van der Waals surface area contributed by atoms with Gasteiger partial charge in [0.1, 0.15) is 5.82 Å². The van der Waals surface area contributed by atoms with Gasteiger partial charge in [-0.3, -0.25) is 4.57 Å². The monoisotopic (exact) mass is 873 g/mol. The average Bonchev–Trinajstić information content (AvgIpc) is 3.75. The Balaban J connectivity index is 0.00000435. The van der Waals surface area contributed by atoms with Gasteiger partial charge in [-0.25, -0.2) is 4.98 Å². The Bertz CT molecular complexity index is 2590. The molecule has 0 aliphatic rings. The first kappa shape index (κ1) is 36.1. The summed E-state index contributed by atoms with van der Waals surface area (Å²) in [5.74, 6) is 2.08. The predicted octanol–water partition coefficient (Wildman–Crippen LogP) is 11.0. The van der Waals surface area contributed by atoms with Gasteiger partial charge >= 0.3 is 0 Å². The molecule has 0 unspecified atom stereocenters. The van der Waals surface area contributed by atoms with Crippen LogP contribution in [0.3, 0.4) is 0 Å². The van der Waals surface area contributed by atoms with Crippen molar-refractivity contribution < 1.29 is 30.4 Å². The maximum Gasteiger partial charge on any atom is 0.267 e. The molecule has 0 amide bonds. The molecule has 0 aliphatic heterocycles. The second kappa shape index (κ2) is 13.9. The van der Waals surface area contributed by atoms with Gasteiger partial charge in [0.2, 0.25) is 0 Å². The number of rotatable bonds is 6. The van der Waals surface area contributed by atoms with Gasteiger partial charge in [0.05, 0.1) is 5.69 Å². The summed E-state index contributed by atoms with van der Waals surface area (Å²) < 4.78 is 12.9. The van der Waals surface area contributed by atoms with Gasteiger partial charge in [0.15, 0.2) is 0 Å². The van der Waals surface area contributed by atoms with Crippen LogP contribution in [-0.2, 0) is 31.9 Å². The molecule has 0 saturated carbocycles. The third kappa shape index (κ3) is 7.11. The Hall–Kier alpha value is -5.25. The minimum absolute atomic E-state index is 0. The van der Waals surface area contributed by atoms with Gasteiger partial charge in [0.25, 0.3) is 6.33 Å². The largest absolute Gasteiger partial charge is 0.510 e. The number of benzene rings is 5. The van der Waals surface area contributed by atoms with Crippen molar-refractivity contribution in [3.63, 3.8) is 0 Å². The minimum atomic E-state index is -0.129. The van der Waals surface area contributed by atoms with E-state index in [4.69, 9.17) is 9.72 Å². The van der Waals surface area contributed by atoms with E-state index in [0.29, 0.717) is 11.5 Å². The molecule has 0 N–H and O–H groups in total. The molecule has 53 heavy (non-hydrogen) atoms. The van der Waals surface area contributed by atoms with Crippen LogP contribution in [-0.4, -0.2) is 14.1 Å².